The van der Waals surface area contributed by atoms with Gasteiger partial charge in [-0.15, -0.1) is 11.6 Å². The summed E-state index contributed by atoms with van der Waals surface area (Å²) >= 11 is 5.76. The largest absolute Gasteiger partial charge is 0.357 e. The average molecular weight is 349 g/mol. The average Bonchev–Trinajstić information content (AvgIpc) is 2.70. The first-order valence-electron chi connectivity index (χ1n) is 8.39. The van der Waals surface area contributed by atoms with Crippen LogP contribution in [-0.2, 0) is 10.3 Å². The van der Waals surface area contributed by atoms with E-state index >= 15 is 0 Å². The molecule has 0 amide bonds. The van der Waals surface area contributed by atoms with Crippen LogP contribution in [0.2, 0.25) is 0 Å². The van der Waals surface area contributed by atoms with E-state index in [-0.39, 0.29) is 0 Å². The molecule has 0 saturated carbocycles. The third-order valence-electron chi connectivity index (χ3n) is 4.19. The molecule has 3 aromatic rings. The van der Waals surface area contributed by atoms with Gasteiger partial charge in [0.1, 0.15) is 5.60 Å². The molecule has 1 nitrogen and oxygen atoms in total. The van der Waals surface area contributed by atoms with Crippen LogP contribution in [0.25, 0.3) is 0 Å². The van der Waals surface area contributed by atoms with Gasteiger partial charge in [0, 0.05) is 5.88 Å². The van der Waals surface area contributed by atoms with Gasteiger partial charge < -0.3 is 4.74 Å². The van der Waals surface area contributed by atoms with Crippen LogP contribution in [0.3, 0.4) is 0 Å². The lowest BCUT2D eigenvalue weighted by Gasteiger charge is -2.35. The molecule has 0 aliphatic heterocycles. The second kappa shape index (κ2) is 8.66. The molecule has 0 unspecified atom stereocenters. The first-order chi connectivity index (χ1) is 12.4. The number of benzene rings is 3. The van der Waals surface area contributed by atoms with Gasteiger partial charge in [-0.1, -0.05) is 103 Å². The number of allylic oxidation sites excluding steroid dienone is 1. The summed E-state index contributed by atoms with van der Waals surface area (Å²) in [5.74, 6) is 0.484. The quantitative estimate of drug-likeness (QED) is 0.298. The fourth-order valence-electron chi connectivity index (χ4n) is 3.07. The van der Waals surface area contributed by atoms with E-state index in [2.05, 4.69) is 36.4 Å². The van der Waals surface area contributed by atoms with Crippen molar-refractivity contribution in [2.75, 3.05) is 12.5 Å². The van der Waals surface area contributed by atoms with Crippen molar-refractivity contribution < 1.29 is 4.74 Å². The Hall–Kier alpha value is -2.35. The fourth-order valence-corrected chi connectivity index (χ4v) is 3.20. The minimum atomic E-state index is -0.666. The lowest BCUT2D eigenvalue weighted by molar-refractivity contribution is 0.0319. The number of alkyl halides is 1. The summed E-state index contributed by atoms with van der Waals surface area (Å²) in [6.07, 6.45) is 3.88. The highest BCUT2D eigenvalue weighted by atomic mass is 35.5. The van der Waals surface area contributed by atoms with Gasteiger partial charge in [0.25, 0.3) is 0 Å². The van der Waals surface area contributed by atoms with Gasteiger partial charge in [-0.05, 0) is 16.7 Å². The van der Waals surface area contributed by atoms with E-state index in [1.54, 1.807) is 0 Å². The maximum absolute atomic E-state index is 6.54. The summed E-state index contributed by atoms with van der Waals surface area (Å²) in [7, 11) is 0. The van der Waals surface area contributed by atoms with Gasteiger partial charge in [0.05, 0.1) is 6.61 Å². The molecule has 126 valence electrons. The molecule has 3 aromatic carbocycles. The lowest BCUT2D eigenvalue weighted by atomic mass is 9.80. The topological polar surface area (TPSA) is 9.23 Å². The Morgan fingerprint density at radius 2 is 1.04 bits per heavy atom. The van der Waals surface area contributed by atoms with E-state index in [9.17, 15) is 0 Å². The Morgan fingerprint density at radius 3 is 1.40 bits per heavy atom. The Morgan fingerprint density at radius 1 is 0.640 bits per heavy atom. The normalized spacial score (nSPS) is 11.7. The van der Waals surface area contributed by atoms with Crippen LogP contribution in [0.15, 0.2) is 103 Å². The van der Waals surface area contributed by atoms with Gasteiger partial charge >= 0.3 is 0 Å². The van der Waals surface area contributed by atoms with Crippen molar-refractivity contribution in [3.05, 3.63) is 120 Å². The van der Waals surface area contributed by atoms with E-state index in [1.165, 1.54) is 0 Å². The van der Waals surface area contributed by atoms with Crippen LogP contribution in [-0.4, -0.2) is 12.5 Å². The first kappa shape index (κ1) is 17.5. The predicted octanol–water partition coefficient (Wildman–Crippen LogP) is 5.79. The molecule has 25 heavy (non-hydrogen) atoms. The molecule has 0 radical (unpaired) electrons. The van der Waals surface area contributed by atoms with Gasteiger partial charge in [0.15, 0.2) is 0 Å². The second-order valence-electron chi connectivity index (χ2n) is 5.72. The fraction of sp³-hybridized carbons (Fsp3) is 0.130. The maximum Gasteiger partial charge on any atom is 0.144 e. The summed E-state index contributed by atoms with van der Waals surface area (Å²) in [6.45, 7) is 0.478. The van der Waals surface area contributed by atoms with Crippen molar-refractivity contribution >= 4 is 11.6 Å². The summed E-state index contributed by atoms with van der Waals surface area (Å²) in [6, 6.07) is 31.1. The van der Waals surface area contributed by atoms with Crippen molar-refractivity contribution in [1.29, 1.82) is 0 Å². The third-order valence-corrected chi connectivity index (χ3v) is 4.37. The Bertz CT molecular complexity index is 685. The zero-order chi connectivity index (χ0) is 17.4. The zero-order valence-electron chi connectivity index (χ0n) is 14.0. The smallest absolute Gasteiger partial charge is 0.144 e. The molecule has 0 N–H and O–H groups in total. The zero-order valence-corrected chi connectivity index (χ0v) is 14.8. The minimum absolute atomic E-state index is 0.478. The number of hydrogen-bond donors (Lipinski definition) is 0. The van der Waals surface area contributed by atoms with E-state index in [1.807, 2.05) is 66.7 Å². The molecule has 0 aromatic heterocycles. The lowest BCUT2D eigenvalue weighted by Crippen LogP contribution is -2.33. The highest BCUT2D eigenvalue weighted by Crippen LogP contribution is 2.40. The summed E-state index contributed by atoms with van der Waals surface area (Å²) in [5.41, 5.74) is 2.64. The van der Waals surface area contributed by atoms with Gasteiger partial charge in [-0.2, -0.15) is 0 Å². The second-order valence-corrected chi connectivity index (χ2v) is 6.02. The molecule has 0 spiro atoms. The molecule has 0 fully saturated rings. The Balaban J connectivity index is 2.18. The van der Waals surface area contributed by atoms with Crippen LogP contribution in [0, 0.1) is 0 Å². The maximum atomic E-state index is 6.54. The SMILES string of the molecule is ClC/C=C\COC(c1ccccc1)(c1ccccc1)c1ccccc1. The molecule has 0 atom stereocenters. The van der Waals surface area contributed by atoms with E-state index in [0.29, 0.717) is 12.5 Å². The highest BCUT2D eigenvalue weighted by Gasteiger charge is 2.37. The molecule has 0 heterocycles. The van der Waals surface area contributed by atoms with Gasteiger partial charge in [-0.25, -0.2) is 0 Å². The van der Waals surface area contributed by atoms with Crippen molar-refractivity contribution in [3.8, 4) is 0 Å². The molecule has 3 rings (SSSR count). The van der Waals surface area contributed by atoms with Gasteiger partial charge in [0.2, 0.25) is 0 Å². The van der Waals surface area contributed by atoms with Crippen LogP contribution in [0.4, 0.5) is 0 Å². The molecule has 0 aliphatic rings. The van der Waals surface area contributed by atoms with Crippen LogP contribution in [0.1, 0.15) is 16.7 Å². The van der Waals surface area contributed by atoms with Crippen molar-refractivity contribution in [1.82, 2.24) is 0 Å². The molecule has 0 bridgehead atoms. The number of halogens is 1. The molecule has 0 saturated heterocycles. The first-order valence-corrected chi connectivity index (χ1v) is 8.93. The summed E-state index contributed by atoms with van der Waals surface area (Å²) < 4.78 is 6.54. The minimum Gasteiger partial charge on any atom is -0.357 e. The standard InChI is InChI=1S/C23H21ClO/c24-18-10-11-19-25-23(20-12-4-1-5-13-20,21-14-6-2-7-15-21)22-16-8-3-9-17-22/h1-17H,18-19H2/b11-10-. The molecule has 2 heteroatoms. The summed E-state index contributed by atoms with van der Waals surface area (Å²) in [4.78, 5) is 0. The van der Waals surface area contributed by atoms with Crippen molar-refractivity contribution in [2.45, 2.75) is 5.60 Å². The van der Waals surface area contributed by atoms with Crippen LogP contribution in [0.5, 0.6) is 0 Å². The highest BCUT2D eigenvalue weighted by molar-refractivity contribution is 6.18. The Labute approximate surface area is 154 Å². The van der Waals surface area contributed by atoms with E-state index in [4.69, 9.17) is 16.3 Å². The molecule has 0 aliphatic carbocycles. The number of rotatable bonds is 7. The van der Waals surface area contributed by atoms with E-state index in [0.717, 1.165) is 16.7 Å². The predicted molar refractivity (Wildman–Crippen MR) is 105 cm³/mol. The third kappa shape index (κ3) is 3.84. The monoisotopic (exact) mass is 348 g/mol. The van der Waals surface area contributed by atoms with Crippen molar-refractivity contribution in [3.63, 3.8) is 0 Å². The number of hydrogen-bond acceptors (Lipinski definition) is 1. The van der Waals surface area contributed by atoms with E-state index < -0.39 is 5.60 Å². The summed E-state index contributed by atoms with van der Waals surface area (Å²) in [5, 5.41) is 0. The van der Waals surface area contributed by atoms with Crippen LogP contribution < -0.4 is 0 Å². The number of ether oxygens (including phenoxy) is 1. The van der Waals surface area contributed by atoms with Gasteiger partial charge in [-0.3, -0.25) is 0 Å². The molecular formula is C23H21ClO. The van der Waals surface area contributed by atoms with Crippen LogP contribution >= 0.6 is 11.6 Å². The van der Waals surface area contributed by atoms with Crippen molar-refractivity contribution in [2.24, 2.45) is 0 Å². The Kier molecular flexibility index (Phi) is 6.05. The molecular weight excluding hydrogens is 328 g/mol.